The molecular formula is C15H19ClN2OS. The van der Waals surface area contributed by atoms with Crippen LogP contribution in [0.3, 0.4) is 0 Å². The van der Waals surface area contributed by atoms with Gasteiger partial charge in [0.25, 0.3) is 0 Å². The predicted molar refractivity (Wildman–Crippen MR) is 87.1 cm³/mol. The van der Waals surface area contributed by atoms with Crippen molar-refractivity contribution in [2.24, 2.45) is 5.92 Å². The molecule has 108 valence electrons. The van der Waals surface area contributed by atoms with E-state index in [1.807, 2.05) is 25.1 Å². The van der Waals surface area contributed by atoms with Gasteiger partial charge < -0.3 is 10.6 Å². The van der Waals surface area contributed by atoms with Crippen LogP contribution in [0.15, 0.2) is 18.2 Å². The summed E-state index contributed by atoms with van der Waals surface area (Å²) in [4.78, 5) is 12.1. The molecule has 1 amide bonds. The van der Waals surface area contributed by atoms with E-state index >= 15 is 0 Å². The third kappa shape index (κ3) is 3.93. The van der Waals surface area contributed by atoms with Gasteiger partial charge in [-0.1, -0.05) is 36.9 Å². The molecule has 2 rings (SSSR count). The van der Waals surface area contributed by atoms with Gasteiger partial charge in [-0.25, -0.2) is 0 Å². The van der Waals surface area contributed by atoms with Crippen LogP contribution in [0, 0.1) is 12.8 Å². The van der Waals surface area contributed by atoms with E-state index in [2.05, 4.69) is 10.6 Å². The van der Waals surface area contributed by atoms with Crippen molar-refractivity contribution in [3.8, 4) is 0 Å². The van der Waals surface area contributed by atoms with Crippen LogP contribution < -0.4 is 10.6 Å². The van der Waals surface area contributed by atoms with Crippen molar-refractivity contribution in [3.63, 3.8) is 0 Å². The van der Waals surface area contributed by atoms with E-state index in [0.717, 1.165) is 36.9 Å². The SMILES string of the molecule is Cc1c(Cl)cccc1NC(=S)NC(=O)C1CCCCC1. The first kappa shape index (κ1) is 15.3. The van der Waals surface area contributed by atoms with E-state index in [1.165, 1.54) is 6.42 Å². The Kier molecular flexibility index (Phi) is 5.38. The Morgan fingerprint density at radius 1 is 1.30 bits per heavy atom. The monoisotopic (exact) mass is 310 g/mol. The zero-order valence-corrected chi connectivity index (χ0v) is 13.1. The maximum Gasteiger partial charge on any atom is 0.229 e. The van der Waals surface area contributed by atoms with Crippen LogP contribution in [0.5, 0.6) is 0 Å². The average Bonchev–Trinajstić information content (AvgIpc) is 2.45. The zero-order valence-electron chi connectivity index (χ0n) is 11.5. The lowest BCUT2D eigenvalue weighted by Crippen LogP contribution is -2.39. The highest BCUT2D eigenvalue weighted by Gasteiger charge is 2.21. The number of rotatable bonds is 2. The number of hydrogen-bond donors (Lipinski definition) is 2. The number of anilines is 1. The minimum atomic E-state index is 0.0295. The van der Waals surface area contributed by atoms with E-state index < -0.39 is 0 Å². The second kappa shape index (κ2) is 7.04. The summed E-state index contributed by atoms with van der Waals surface area (Å²) in [6.07, 6.45) is 5.42. The average molecular weight is 311 g/mol. The molecule has 0 bridgehead atoms. The summed E-state index contributed by atoms with van der Waals surface area (Å²) in [5.74, 6) is 0.130. The second-order valence-electron chi connectivity index (χ2n) is 5.19. The molecule has 5 heteroatoms. The van der Waals surface area contributed by atoms with E-state index in [0.29, 0.717) is 10.1 Å². The van der Waals surface area contributed by atoms with Crippen LogP contribution in [0.25, 0.3) is 0 Å². The van der Waals surface area contributed by atoms with Crippen molar-refractivity contribution in [1.82, 2.24) is 5.32 Å². The summed E-state index contributed by atoms with van der Waals surface area (Å²) in [7, 11) is 0. The van der Waals surface area contributed by atoms with Crippen LogP contribution in [-0.4, -0.2) is 11.0 Å². The van der Waals surface area contributed by atoms with Crippen LogP contribution in [-0.2, 0) is 4.79 Å². The Hall–Kier alpha value is -1.13. The third-order valence-corrected chi connectivity index (χ3v) is 4.34. The summed E-state index contributed by atoms with van der Waals surface area (Å²) < 4.78 is 0. The van der Waals surface area contributed by atoms with Crippen LogP contribution in [0.1, 0.15) is 37.7 Å². The second-order valence-corrected chi connectivity index (χ2v) is 6.01. The quantitative estimate of drug-likeness (QED) is 0.810. The fraction of sp³-hybridized carbons (Fsp3) is 0.467. The lowest BCUT2D eigenvalue weighted by atomic mass is 9.89. The maximum absolute atomic E-state index is 12.1. The highest BCUT2D eigenvalue weighted by molar-refractivity contribution is 7.80. The number of hydrogen-bond acceptors (Lipinski definition) is 2. The Balaban J connectivity index is 1.91. The normalized spacial score (nSPS) is 15.7. The van der Waals surface area contributed by atoms with E-state index in [-0.39, 0.29) is 11.8 Å². The van der Waals surface area contributed by atoms with Gasteiger partial charge in [-0.05, 0) is 49.7 Å². The van der Waals surface area contributed by atoms with Crippen LogP contribution in [0.4, 0.5) is 5.69 Å². The van der Waals surface area contributed by atoms with Gasteiger partial charge in [0.15, 0.2) is 5.11 Å². The fourth-order valence-electron chi connectivity index (χ4n) is 2.48. The molecule has 20 heavy (non-hydrogen) atoms. The summed E-state index contributed by atoms with van der Waals surface area (Å²) in [5.41, 5.74) is 1.75. The van der Waals surface area contributed by atoms with Gasteiger partial charge in [-0.3, -0.25) is 4.79 Å². The van der Waals surface area contributed by atoms with Crippen LogP contribution >= 0.6 is 23.8 Å². The molecule has 0 radical (unpaired) electrons. The Morgan fingerprint density at radius 2 is 2.00 bits per heavy atom. The van der Waals surface area contributed by atoms with Crippen molar-refractivity contribution in [1.29, 1.82) is 0 Å². The molecule has 0 spiro atoms. The molecule has 1 fully saturated rings. The topological polar surface area (TPSA) is 41.1 Å². The lowest BCUT2D eigenvalue weighted by molar-refractivity contribution is -0.124. The molecule has 0 unspecified atom stereocenters. The van der Waals surface area contributed by atoms with Crippen molar-refractivity contribution in [2.45, 2.75) is 39.0 Å². The number of carbonyl (C=O) groups excluding carboxylic acids is 1. The molecule has 2 N–H and O–H groups in total. The van der Waals surface area contributed by atoms with Crippen molar-refractivity contribution in [2.75, 3.05) is 5.32 Å². The molecule has 0 atom stereocenters. The minimum Gasteiger partial charge on any atom is -0.332 e. The molecule has 0 aliphatic heterocycles. The molecule has 1 aromatic carbocycles. The Bertz CT molecular complexity index is 513. The molecule has 0 heterocycles. The highest BCUT2D eigenvalue weighted by Crippen LogP contribution is 2.24. The van der Waals surface area contributed by atoms with Gasteiger partial charge in [0.1, 0.15) is 0 Å². The molecule has 1 aromatic rings. The first-order valence-electron chi connectivity index (χ1n) is 6.95. The fourth-order valence-corrected chi connectivity index (χ4v) is 2.86. The summed E-state index contributed by atoms with van der Waals surface area (Å²) in [6, 6.07) is 5.56. The van der Waals surface area contributed by atoms with Crippen molar-refractivity contribution in [3.05, 3.63) is 28.8 Å². The maximum atomic E-state index is 12.1. The standard InChI is InChI=1S/C15H19ClN2OS/c1-10-12(16)8-5-9-13(10)17-15(20)18-14(19)11-6-3-2-4-7-11/h5,8-9,11H,2-4,6-7H2,1H3,(H2,17,18,19,20). The van der Waals surface area contributed by atoms with Gasteiger partial charge in [0.05, 0.1) is 0 Å². The van der Waals surface area contributed by atoms with E-state index in [4.69, 9.17) is 23.8 Å². The Labute approximate surface area is 130 Å². The van der Waals surface area contributed by atoms with Crippen molar-refractivity contribution >= 4 is 40.5 Å². The van der Waals surface area contributed by atoms with Gasteiger partial charge in [0.2, 0.25) is 5.91 Å². The highest BCUT2D eigenvalue weighted by atomic mass is 35.5. The Morgan fingerprint density at radius 3 is 2.70 bits per heavy atom. The molecular weight excluding hydrogens is 292 g/mol. The number of thiocarbonyl (C=S) groups is 1. The summed E-state index contributed by atoms with van der Waals surface area (Å²) in [5, 5.41) is 6.84. The first-order valence-corrected chi connectivity index (χ1v) is 7.73. The number of nitrogens with one attached hydrogen (secondary N) is 2. The zero-order chi connectivity index (χ0) is 14.5. The summed E-state index contributed by atoms with van der Waals surface area (Å²) >= 11 is 11.3. The molecule has 0 saturated heterocycles. The van der Waals surface area contributed by atoms with Crippen LogP contribution in [0.2, 0.25) is 5.02 Å². The molecule has 3 nitrogen and oxygen atoms in total. The van der Waals surface area contributed by atoms with Gasteiger partial charge in [-0.2, -0.15) is 0 Å². The first-order chi connectivity index (χ1) is 9.58. The minimum absolute atomic E-state index is 0.0295. The number of carbonyl (C=O) groups is 1. The molecule has 1 aliphatic rings. The number of amides is 1. The molecule has 1 saturated carbocycles. The van der Waals surface area contributed by atoms with Gasteiger partial charge in [0, 0.05) is 16.6 Å². The lowest BCUT2D eigenvalue weighted by Gasteiger charge is -2.21. The smallest absolute Gasteiger partial charge is 0.229 e. The molecule has 1 aliphatic carbocycles. The molecule has 0 aromatic heterocycles. The summed E-state index contributed by atoms with van der Waals surface area (Å²) in [6.45, 7) is 1.91. The largest absolute Gasteiger partial charge is 0.332 e. The van der Waals surface area contributed by atoms with Gasteiger partial charge >= 0.3 is 0 Å². The van der Waals surface area contributed by atoms with E-state index in [9.17, 15) is 4.79 Å². The van der Waals surface area contributed by atoms with E-state index in [1.54, 1.807) is 0 Å². The number of halogens is 1. The predicted octanol–water partition coefficient (Wildman–Crippen LogP) is 4.04. The van der Waals surface area contributed by atoms with Gasteiger partial charge in [-0.15, -0.1) is 0 Å². The van der Waals surface area contributed by atoms with Crippen molar-refractivity contribution < 1.29 is 4.79 Å². The number of benzene rings is 1. The third-order valence-electron chi connectivity index (χ3n) is 3.73.